The Morgan fingerprint density at radius 2 is 1.59 bits per heavy atom. The van der Waals surface area contributed by atoms with Crippen molar-refractivity contribution in [2.45, 2.75) is 53.4 Å². The molecular weight excluding hydrogens is 272 g/mol. The van der Waals surface area contributed by atoms with Gasteiger partial charge < -0.3 is 9.47 Å². The molecule has 0 saturated carbocycles. The molecule has 0 N–H and O–H groups in total. The number of benzene rings is 1. The summed E-state index contributed by atoms with van der Waals surface area (Å²) in [5.41, 5.74) is 1.23. The van der Waals surface area contributed by atoms with Crippen LogP contribution in [0, 0.1) is 24.2 Å². The zero-order valence-electron chi connectivity index (χ0n) is 14.7. The van der Waals surface area contributed by atoms with Crippen molar-refractivity contribution in [2.75, 3.05) is 13.2 Å². The first-order valence-corrected chi connectivity index (χ1v) is 8.30. The van der Waals surface area contributed by atoms with Crippen molar-refractivity contribution in [3.05, 3.63) is 23.8 Å². The summed E-state index contributed by atoms with van der Waals surface area (Å²) in [5.74, 6) is 5.78. The lowest BCUT2D eigenvalue weighted by Crippen LogP contribution is -2.09. The van der Waals surface area contributed by atoms with Gasteiger partial charge in [0, 0.05) is 6.42 Å². The van der Waals surface area contributed by atoms with Gasteiger partial charge in [0.15, 0.2) is 11.5 Å². The highest BCUT2D eigenvalue weighted by molar-refractivity contribution is 5.44. The number of hydrogen-bond acceptors (Lipinski definition) is 2. The second kappa shape index (κ2) is 9.41. The van der Waals surface area contributed by atoms with Crippen molar-refractivity contribution in [3.63, 3.8) is 0 Å². The van der Waals surface area contributed by atoms with Crippen molar-refractivity contribution in [2.24, 2.45) is 11.8 Å². The molecular formula is C20H30O2. The Morgan fingerprint density at radius 3 is 2.09 bits per heavy atom. The molecule has 0 aromatic heterocycles. The maximum Gasteiger partial charge on any atom is 0.161 e. The van der Waals surface area contributed by atoms with Crippen molar-refractivity contribution in [1.29, 1.82) is 0 Å². The second-order valence-electron chi connectivity index (χ2n) is 6.63. The summed E-state index contributed by atoms with van der Waals surface area (Å²) < 4.78 is 11.9. The van der Waals surface area contributed by atoms with E-state index < -0.39 is 0 Å². The lowest BCUT2D eigenvalue weighted by Gasteiger charge is -2.19. The fraction of sp³-hybridized carbons (Fsp3) is 0.600. The van der Waals surface area contributed by atoms with Crippen LogP contribution in [-0.4, -0.2) is 13.2 Å². The minimum absolute atomic E-state index is 0.380. The van der Waals surface area contributed by atoms with Crippen molar-refractivity contribution in [3.8, 4) is 23.8 Å². The third-order valence-corrected chi connectivity index (χ3v) is 3.44. The van der Waals surface area contributed by atoms with E-state index in [-0.39, 0.29) is 0 Å². The highest BCUT2D eigenvalue weighted by Gasteiger charge is 2.14. The summed E-state index contributed by atoms with van der Waals surface area (Å²) in [6.45, 7) is 12.1. The van der Waals surface area contributed by atoms with Crippen LogP contribution in [0.3, 0.4) is 0 Å². The Hall–Kier alpha value is -1.62. The first kappa shape index (κ1) is 18.4. The topological polar surface area (TPSA) is 18.5 Å². The Kier molecular flexibility index (Phi) is 7.88. The molecule has 1 aromatic carbocycles. The second-order valence-corrected chi connectivity index (χ2v) is 6.63. The zero-order chi connectivity index (χ0) is 16.5. The first-order valence-electron chi connectivity index (χ1n) is 8.30. The molecule has 1 aromatic rings. The van der Waals surface area contributed by atoms with Crippen LogP contribution in [0.1, 0.15) is 58.9 Å². The molecule has 1 unspecified atom stereocenters. The van der Waals surface area contributed by atoms with Gasteiger partial charge in [-0.3, -0.25) is 0 Å². The van der Waals surface area contributed by atoms with Gasteiger partial charge >= 0.3 is 0 Å². The van der Waals surface area contributed by atoms with E-state index in [2.05, 4.69) is 52.7 Å². The van der Waals surface area contributed by atoms with E-state index in [0.29, 0.717) is 31.0 Å². The van der Waals surface area contributed by atoms with E-state index >= 15 is 0 Å². The fourth-order valence-corrected chi connectivity index (χ4v) is 2.16. The van der Waals surface area contributed by atoms with Crippen LogP contribution >= 0.6 is 0 Å². The Bertz CT molecular complexity index is 483. The molecule has 0 aliphatic heterocycles. The smallest absolute Gasteiger partial charge is 0.161 e. The van der Waals surface area contributed by atoms with Crippen LogP contribution < -0.4 is 9.47 Å². The fourth-order valence-electron chi connectivity index (χ4n) is 2.16. The van der Waals surface area contributed by atoms with E-state index in [9.17, 15) is 0 Å². The number of hydrogen-bond donors (Lipinski definition) is 0. The maximum atomic E-state index is 5.97. The van der Waals surface area contributed by atoms with Crippen LogP contribution in [0.5, 0.6) is 11.5 Å². The third kappa shape index (κ3) is 6.02. The highest BCUT2D eigenvalue weighted by Crippen LogP contribution is 2.34. The molecule has 0 heterocycles. The summed E-state index contributed by atoms with van der Waals surface area (Å²) in [5, 5.41) is 0. The number of rotatable bonds is 9. The van der Waals surface area contributed by atoms with Gasteiger partial charge in [0.25, 0.3) is 0 Å². The number of ether oxygens (including phenoxy) is 2. The van der Waals surface area contributed by atoms with Crippen LogP contribution in [0.15, 0.2) is 18.2 Å². The molecule has 122 valence electrons. The van der Waals surface area contributed by atoms with Crippen LogP contribution in [0.2, 0.25) is 0 Å². The monoisotopic (exact) mass is 302 g/mol. The molecule has 2 heteroatoms. The molecule has 2 nitrogen and oxygen atoms in total. The minimum atomic E-state index is 0.380. The lowest BCUT2D eigenvalue weighted by atomic mass is 9.93. The SMILES string of the molecule is C#CCC(CC)c1ccc(OCC(C)C)c(OCC(C)C)c1. The molecule has 0 radical (unpaired) electrons. The number of terminal acetylenes is 1. The molecule has 0 spiro atoms. The quantitative estimate of drug-likeness (QED) is 0.578. The Labute approximate surface area is 136 Å². The molecule has 0 saturated heterocycles. The predicted octanol–water partition coefficient (Wildman–Crippen LogP) is 5.27. The largest absolute Gasteiger partial charge is 0.489 e. The van der Waals surface area contributed by atoms with Crippen molar-refractivity contribution in [1.82, 2.24) is 0 Å². The third-order valence-electron chi connectivity index (χ3n) is 3.44. The van der Waals surface area contributed by atoms with E-state index in [4.69, 9.17) is 15.9 Å². The van der Waals surface area contributed by atoms with E-state index in [1.807, 2.05) is 6.07 Å². The van der Waals surface area contributed by atoms with Crippen LogP contribution in [-0.2, 0) is 0 Å². The average molecular weight is 302 g/mol. The maximum absolute atomic E-state index is 5.97. The Morgan fingerprint density at radius 1 is 1.00 bits per heavy atom. The van der Waals surface area contributed by atoms with Gasteiger partial charge in [0.2, 0.25) is 0 Å². The summed E-state index contributed by atoms with van der Waals surface area (Å²) in [6, 6.07) is 6.24. The van der Waals surface area contributed by atoms with Crippen LogP contribution in [0.4, 0.5) is 0 Å². The molecule has 0 amide bonds. The van der Waals surface area contributed by atoms with E-state index in [0.717, 1.165) is 24.3 Å². The summed E-state index contributed by atoms with van der Waals surface area (Å²) in [4.78, 5) is 0. The van der Waals surface area contributed by atoms with E-state index in [1.165, 1.54) is 5.56 Å². The normalized spacial score (nSPS) is 12.3. The van der Waals surface area contributed by atoms with Crippen LogP contribution in [0.25, 0.3) is 0 Å². The molecule has 0 bridgehead atoms. The summed E-state index contributed by atoms with van der Waals surface area (Å²) in [7, 11) is 0. The minimum Gasteiger partial charge on any atom is -0.489 e. The van der Waals surface area contributed by atoms with Gasteiger partial charge in [-0.15, -0.1) is 12.3 Å². The van der Waals surface area contributed by atoms with Gasteiger partial charge in [-0.2, -0.15) is 0 Å². The van der Waals surface area contributed by atoms with Crippen molar-refractivity contribution < 1.29 is 9.47 Å². The first-order chi connectivity index (χ1) is 10.5. The molecule has 22 heavy (non-hydrogen) atoms. The van der Waals surface area contributed by atoms with Gasteiger partial charge in [-0.1, -0.05) is 40.7 Å². The molecule has 0 aliphatic rings. The zero-order valence-corrected chi connectivity index (χ0v) is 14.7. The van der Waals surface area contributed by atoms with Gasteiger partial charge in [0.05, 0.1) is 13.2 Å². The van der Waals surface area contributed by atoms with Gasteiger partial charge in [-0.25, -0.2) is 0 Å². The highest BCUT2D eigenvalue weighted by atomic mass is 16.5. The molecule has 0 aliphatic carbocycles. The van der Waals surface area contributed by atoms with Crippen molar-refractivity contribution >= 4 is 0 Å². The predicted molar refractivity (Wildman–Crippen MR) is 93.6 cm³/mol. The molecule has 0 fully saturated rings. The summed E-state index contributed by atoms with van der Waals surface area (Å²) >= 11 is 0. The lowest BCUT2D eigenvalue weighted by molar-refractivity contribution is 0.229. The average Bonchev–Trinajstić information content (AvgIpc) is 2.48. The Balaban J connectivity index is 2.99. The molecule has 1 atom stereocenters. The molecule has 1 rings (SSSR count). The van der Waals surface area contributed by atoms with E-state index in [1.54, 1.807) is 0 Å². The van der Waals surface area contributed by atoms with Gasteiger partial charge in [-0.05, 0) is 41.9 Å². The standard InChI is InChI=1S/C20H30O2/c1-7-9-17(8-2)18-10-11-19(21-13-15(3)4)20(12-18)22-14-16(5)6/h1,10-12,15-17H,8-9,13-14H2,2-6H3. The summed E-state index contributed by atoms with van der Waals surface area (Å²) in [6.07, 6.45) is 7.27. The van der Waals surface area contributed by atoms with Gasteiger partial charge in [0.1, 0.15) is 0 Å².